The fraction of sp³-hybridized carbons (Fsp3) is 0.550. The van der Waals surface area contributed by atoms with Crippen molar-refractivity contribution in [3.63, 3.8) is 0 Å². The molecular weight excluding hydrogens is 344 g/mol. The van der Waals surface area contributed by atoms with Gasteiger partial charge >= 0.3 is 6.03 Å². The minimum absolute atomic E-state index is 0.0308. The molecule has 7 heteroatoms. The predicted octanol–water partition coefficient (Wildman–Crippen LogP) is 2.04. The maximum atomic E-state index is 12.8. The normalized spacial score (nSPS) is 22.0. The van der Waals surface area contributed by atoms with E-state index in [-0.39, 0.29) is 30.3 Å². The Morgan fingerprint density at radius 3 is 2.67 bits per heavy atom. The number of nitrogens with one attached hydrogen (secondary N) is 1. The SMILES string of the molecule is O=C1Nc2ccccc2CN1CCC(=O)N1CCC[C@H]1C(=O)N1CCCC1. The zero-order valence-electron chi connectivity index (χ0n) is 15.5. The minimum atomic E-state index is -0.313. The highest BCUT2D eigenvalue weighted by atomic mass is 16.2. The highest BCUT2D eigenvalue weighted by Crippen LogP contribution is 2.25. The van der Waals surface area contributed by atoms with Gasteiger partial charge in [-0.15, -0.1) is 0 Å². The lowest BCUT2D eigenvalue weighted by Crippen LogP contribution is -2.48. The van der Waals surface area contributed by atoms with Crippen LogP contribution < -0.4 is 5.32 Å². The van der Waals surface area contributed by atoms with Crippen molar-refractivity contribution < 1.29 is 14.4 Å². The van der Waals surface area contributed by atoms with Crippen molar-refractivity contribution in [1.82, 2.24) is 14.7 Å². The monoisotopic (exact) mass is 370 g/mol. The minimum Gasteiger partial charge on any atom is -0.341 e. The van der Waals surface area contributed by atoms with Gasteiger partial charge in [0.05, 0.1) is 0 Å². The van der Waals surface area contributed by atoms with E-state index in [9.17, 15) is 14.4 Å². The van der Waals surface area contributed by atoms with E-state index in [0.29, 0.717) is 19.6 Å². The first-order chi connectivity index (χ1) is 13.1. The van der Waals surface area contributed by atoms with Crippen LogP contribution in [0.25, 0.3) is 0 Å². The molecule has 4 amide bonds. The van der Waals surface area contributed by atoms with Gasteiger partial charge in [0.25, 0.3) is 0 Å². The molecule has 0 unspecified atom stereocenters. The molecule has 3 aliphatic rings. The van der Waals surface area contributed by atoms with E-state index in [1.807, 2.05) is 29.2 Å². The maximum Gasteiger partial charge on any atom is 0.322 e. The summed E-state index contributed by atoms with van der Waals surface area (Å²) in [7, 11) is 0. The van der Waals surface area contributed by atoms with Crippen molar-refractivity contribution in [3.05, 3.63) is 29.8 Å². The number of rotatable bonds is 4. The van der Waals surface area contributed by atoms with E-state index in [0.717, 1.165) is 50.0 Å². The van der Waals surface area contributed by atoms with Crippen LogP contribution in [0.4, 0.5) is 10.5 Å². The molecule has 3 aliphatic heterocycles. The van der Waals surface area contributed by atoms with E-state index in [4.69, 9.17) is 0 Å². The molecule has 1 atom stereocenters. The number of benzene rings is 1. The number of hydrogen-bond donors (Lipinski definition) is 1. The Morgan fingerprint density at radius 1 is 1.07 bits per heavy atom. The number of carbonyl (C=O) groups is 3. The molecule has 1 aromatic rings. The molecule has 1 N–H and O–H groups in total. The summed E-state index contributed by atoms with van der Waals surface area (Å²) < 4.78 is 0. The number of likely N-dealkylation sites (tertiary alicyclic amines) is 2. The standard InChI is InChI=1S/C20H26N4O3/c25-18(24-12-5-8-17(24)19(26)22-10-3-4-11-22)9-13-23-14-15-6-1-2-7-16(15)21-20(23)27/h1-2,6-7,17H,3-5,8-14H2,(H,21,27)/t17-/m0/s1. The molecule has 2 saturated heterocycles. The Bertz CT molecular complexity index is 744. The molecule has 0 radical (unpaired) electrons. The van der Waals surface area contributed by atoms with Crippen LogP contribution in [0.2, 0.25) is 0 Å². The summed E-state index contributed by atoms with van der Waals surface area (Å²) in [4.78, 5) is 43.0. The lowest BCUT2D eigenvalue weighted by atomic mass is 10.1. The second-order valence-corrected chi connectivity index (χ2v) is 7.54. The molecule has 0 bridgehead atoms. The molecule has 27 heavy (non-hydrogen) atoms. The highest BCUT2D eigenvalue weighted by Gasteiger charge is 2.37. The smallest absolute Gasteiger partial charge is 0.322 e. The summed E-state index contributed by atoms with van der Waals surface area (Å²) in [6, 6.07) is 7.21. The third-order valence-electron chi connectivity index (χ3n) is 5.78. The zero-order valence-corrected chi connectivity index (χ0v) is 15.5. The van der Waals surface area contributed by atoms with Crippen molar-refractivity contribution in [2.45, 2.75) is 44.7 Å². The van der Waals surface area contributed by atoms with Gasteiger partial charge in [0.15, 0.2) is 0 Å². The van der Waals surface area contributed by atoms with Gasteiger partial charge in [0.2, 0.25) is 11.8 Å². The fourth-order valence-electron chi connectivity index (χ4n) is 4.28. The zero-order chi connectivity index (χ0) is 18.8. The summed E-state index contributed by atoms with van der Waals surface area (Å²) in [5, 5.41) is 2.87. The quantitative estimate of drug-likeness (QED) is 0.881. The average molecular weight is 370 g/mol. The van der Waals surface area contributed by atoms with Gasteiger partial charge in [-0.3, -0.25) is 9.59 Å². The number of urea groups is 1. The number of fused-ring (bicyclic) bond motifs is 1. The van der Waals surface area contributed by atoms with E-state index in [1.165, 1.54) is 0 Å². The van der Waals surface area contributed by atoms with Crippen LogP contribution >= 0.6 is 0 Å². The first-order valence-electron chi connectivity index (χ1n) is 9.85. The van der Waals surface area contributed by atoms with Gasteiger partial charge < -0.3 is 20.0 Å². The molecule has 4 rings (SSSR count). The summed E-state index contributed by atoms with van der Waals surface area (Å²) in [5.41, 5.74) is 1.88. The Morgan fingerprint density at radius 2 is 1.85 bits per heavy atom. The Hall–Kier alpha value is -2.57. The molecular formula is C20H26N4O3. The van der Waals surface area contributed by atoms with Crippen LogP contribution in [0, 0.1) is 0 Å². The first kappa shape index (κ1) is 17.8. The topological polar surface area (TPSA) is 73.0 Å². The van der Waals surface area contributed by atoms with E-state index >= 15 is 0 Å². The van der Waals surface area contributed by atoms with Crippen molar-refractivity contribution in [3.8, 4) is 0 Å². The third kappa shape index (κ3) is 3.63. The molecule has 3 heterocycles. The average Bonchev–Trinajstić information content (AvgIpc) is 3.37. The number of anilines is 1. The van der Waals surface area contributed by atoms with E-state index < -0.39 is 0 Å². The molecule has 0 aliphatic carbocycles. The van der Waals surface area contributed by atoms with Crippen LogP contribution in [-0.2, 0) is 16.1 Å². The molecule has 7 nitrogen and oxygen atoms in total. The number of nitrogens with zero attached hydrogens (tertiary/aromatic N) is 3. The lowest BCUT2D eigenvalue weighted by molar-refractivity contribution is -0.143. The number of amides is 4. The molecule has 0 saturated carbocycles. The lowest BCUT2D eigenvalue weighted by Gasteiger charge is -2.31. The van der Waals surface area contributed by atoms with Crippen LogP contribution in [0.5, 0.6) is 0 Å². The van der Waals surface area contributed by atoms with Crippen LogP contribution in [0.1, 0.15) is 37.7 Å². The fourth-order valence-corrected chi connectivity index (χ4v) is 4.28. The largest absolute Gasteiger partial charge is 0.341 e. The molecule has 144 valence electrons. The van der Waals surface area contributed by atoms with Crippen molar-refractivity contribution in [1.29, 1.82) is 0 Å². The summed E-state index contributed by atoms with van der Waals surface area (Å²) in [6.07, 6.45) is 3.97. The van der Waals surface area contributed by atoms with Gasteiger partial charge in [-0.25, -0.2) is 4.79 Å². The van der Waals surface area contributed by atoms with Crippen LogP contribution in [-0.4, -0.2) is 64.8 Å². The Labute approximate surface area is 159 Å². The highest BCUT2D eigenvalue weighted by molar-refractivity contribution is 5.93. The van der Waals surface area contributed by atoms with Gasteiger partial charge in [0, 0.05) is 44.8 Å². The number of carbonyl (C=O) groups excluding carboxylic acids is 3. The molecule has 0 spiro atoms. The van der Waals surface area contributed by atoms with E-state index in [2.05, 4.69) is 5.32 Å². The molecule has 1 aromatic carbocycles. The number of hydrogen-bond acceptors (Lipinski definition) is 3. The van der Waals surface area contributed by atoms with Gasteiger partial charge in [0.1, 0.15) is 6.04 Å². The van der Waals surface area contributed by atoms with Crippen LogP contribution in [0.3, 0.4) is 0 Å². The summed E-state index contributed by atoms with van der Waals surface area (Å²) in [5.74, 6) is 0.0692. The first-order valence-corrected chi connectivity index (χ1v) is 9.85. The van der Waals surface area contributed by atoms with Crippen molar-refractivity contribution >= 4 is 23.5 Å². The molecule has 0 aromatic heterocycles. The van der Waals surface area contributed by atoms with Crippen LogP contribution in [0.15, 0.2) is 24.3 Å². The van der Waals surface area contributed by atoms with E-state index in [1.54, 1.807) is 9.80 Å². The summed E-state index contributed by atoms with van der Waals surface area (Å²) >= 11 is 0. The predicted molar refractivity (Wildman–Crippen MR) is 101 cm³/mol. The van der Waals surface area contributed by atoms with Crippen molar-refractivity contribution in [2.75, 3.05) is 31.5 Å². The number of para-hydroxylation sites is 1. The van der Waals surface area contributed by atoms with Gasteiger partial charge in [-0.05, 0) is 37.3 Å². The Kier molecular flexibility index (Phi) is 5.01. The third-order valence-corrected chi connectivity index (χ3v) is 5.78. The van der Waals surface area contributed by atoms with Gasteiger partial charge in [-0.1, -0.05) is 18.2 Å². The maximum absolute atomic E-state index is 12.8. The molecule has 2 fully saturated rings. The van der Waals surface area contributed by atoms with Gasteiger partial charge in [-0.2, -0.15) is 0 Å². The second kappa shape index (κ2) is 7.58. The second-order valence-electron chi connectivity index (χ2n) is 7.54. The van der Waals surface area contributed by atoms with Crippen molar-refractivity contribution in [2.24, 2.45) is 0 Å². The summed E-state index contributed by atoms with van der Waals surface area (Å²) in [6.45, 7) is 3.12. The Balaban J connectivity index is 1.35.